The van der Waals surface area contributed by atoms with Crippen LogP contribution in [0, 0.1) is 0 Å². The zero-order valence-electron chi connectivity index (χ0n) is 13.4. The number of hydrogen-bond acceptors (Lipinski definition) is 6. The molecule has 6 nitrogen and oxygen atoms in total. The third-order valence-electron chi connectivity index (χ3n) is 3.37. The summed E-state index contributed by atoms with van der Waals surface area (Å²) in [7, 11) is 2.93. The number of nitrogens with two attached hydrogens (primary N) is 1. The summed E-state index contributed by atoms with van der Waals surface area (Å²) in [6.45, 7) is 3.63. The predicted molar refractivity (Wildman–Crippen MR) is 82.2 cm³/mol. The van der Waals surface area contributed by atoms with Gasteiger partial charge in [-0.15, -0.1) is 0 Å². The number of carbonyl (C=O) groups excluding carboxylic acids is 2. The van der Waals surface area contributed by atoms with Crippen molar-refractivity contribution in [3.8, 4) is 11.5 Å². The van der Waals surface area contributed by atoms with Crippen LogP contribution in [0.15, 0.2) is 18.2 Å². The van der Waals surface area contributed by atoms with Gasteiger partial charge in [0.1, 0.15) is 17.4 Å². The fourth-order valence-electron chi connectivity index (χ4n) is 2.18. The Labute approximate surface area is 130 Å². The minimum absolute atomic E-state index is 0.168. The van der Waals surface area contributed by atoms with Gasteiger partial charge in [0.2, 0.25) is 0 Å². The van der Waals surface area contributed by atoms with E-state index < -0.39 is 23.7 Å². The van der Waals surface area contributed by atoms with Crippen molar-refractivity contribution in [1.82, 2.24) is 0 Å². The molecule has 1 aromatic carbocycles. The number of carbonyl (C=O) groups is 2. The first-order valence-corrected chi connectivity index (χ1v) is 7.18. The first-order chi connectivity index (χ1) is 10.5. The largest absolute Gasteiger partial charge is 0.496 e. The molecule has 0 heterocycles. The van der Waals surface area contributed by atoms with E-state index in [0.29, 0.717) is 23.5 Å². The first-order valence-electron chi connectivity index (χ1n) is 7.18. The second kappa shape index (κ2) is 8.38. The second-order valence-corrected chi connectivity index (χ2v) is 4.68. The van der Waals surface area contributed by atoms with E-state index >= 15 is 0 Å². The Balaban J connectivity index is 3.44. The second-order valence-electron chi connectivity index (χ2n) is 4.68. The Kier molecular flexibility index (Phi) is 6.85. The summed E-state index contributed by atoms with van der Waals surface area (Å²) in [5.41, 5.74) is 6.18. The molecule has 0 saturated heterocycles. The number of hydrogen-bond donors (Lipinski definition) is 1. The Morgan fingerprint density at radius 2 is 1.68 bits per heavy atom. The monoisotopic (exact) mass is 309 g/mol. The molecule has 2 atom stereocenters. The third-order valence-corrected chi connectivity index (χ3v) is 3.37. The van der Waals surface area contributed by atoms with Crippen LogP contribution in [0.4, 0.5) is 0 Å². The molecule has 1 aromatic rings. The van der Waals surface area contributed by atoms with Gasteiger partial charge in [-0.25, -0.2) is 0 Å². The number of ketones is 1. The topological polar surface area (TPSA) is 87.9 Å². The van der Waals surface area contributed by atoms with Gasteiger partial charge in [-0.3, -0.25) is 9.59 Å². The molecule has 122 valence electrons. The van der Waals surface area contributed by atoms with Crippen LogP contribution < -0.4 is 15.2 Å². The molecule has 0 spiro atoms. The highest BCUT2D eigenvalue weighted by Gasteiger charge is 2.37. The van der Waals surface area contributed by atoms with E-state index in [1.807, 2.05) is 0 Å². The summed E-state index contributed by atoms with van der Waals surface area (Å²) < 4.78 is 15.6. The Hall–Kier alpha value is -2.08. The van der Waals surface area contributed by atoms with Crippen molar-refractivity contribution in [2.24, 2.45) is 5.73 Å². The van der Waals surface area contributed by atoms with Crippen LogP contribution in [0.3, 0.4) is 0 Å². The van der Waals surface area contributed by atoms with Gasteiger partial charge < -0.3 is 19.9 Å². The number of benzene rings is 1. The zero-order valence-corrected chi connectivity index (χ0v) is 13.4. The Bertz CT molecular complexity index is 507. The van der Waals surface area contributed by atoms with Gasteiger partial charge in [0.25, 0.3) is 0 Å². The minimum atomic E-state index is -1.17. The quantitative estimate of drug-likeness (QED) is 0.580. The molecule has 0 bridgehead atoms. The number of ether oxygens (including phenoxy) is 3. The van der Waals surface area contributed by atoms with Gasteiger partial charge in [0.05, 0.1) is 32.4 Å². The van der Waals surface area contributed by atoms with Crippen molar-refractivity contribution >= 4 is 11.8 Å². The van der Waals surface area contributed by atoms with E-state index in [9.17, 15) is 9.59 Å². The molecule has 22 heavy (non-hydrogen) atoms. The average Bonchev–Trinajstić information content (AvgIpc) is 2.54. The molecule has 0 aliphatic heterocycles. The molecule has 0 saturated carbocycles. The van der Waals surface area contributed by atoms with E-state index in [-0.39, 0.29) is 6.61 Å². The number of Topliss-reactive ketones (excluding diaryl/α,β-unsaturated/α-hetero) is 1. The Morgan fingerprint density at radius 1 is 1.14 bits per heavy atom. The maximum Gasteiger partial charge on any atom is 0.321 e. The lowest BCUT2D eigenvalue weighted by Crippen LogP contribution is -2.38. The molecule has 0 fully saturated rings. The smallest absolute Gasteiger partial charge is 0.321 e. The van der Waals surface area contributed by atoms with E-state index in [0.717, 1.165) is 0 Å². The van der Waals surface area contributed by atoms with Crippen LogP contribution in [-0.2, 0) is 14.3 Å². The van der Waals surface area contributed by atoms with Crippen LogP contribution in [0.5, 0.6) is 11.5 Å². The average molecular weight is 309 g/mol. The minimum Gasteiger partial charge on any atom is -0.496 e. The molecule has 0 radical (unpaired) electrons. The molecule has 0 aromatic heterocycles. The van der Waals surface area contributed by atoms with Crippen LogP contribution >= 0.6 is 0 Å². The summed E-state index contributed by atoms with van der Waals surface area (Å²) in [6, 6.07) is 4.28. The maximum absolute atomic E-state index is 12.6. The summed E-state index contributed by atoms with van der Waals surface area (Å²) in [6.07, 6.45) is 0.423. The summed E-state index contributed by atoms with van der Waals surface area (Å²) in [4.78, 5) is 24.9. The van der Waals surface area contributed by atoms with E-state index in [2.05, 4.69) is 0 Å². The molecule has 0 amide bonds. The van der Waals surface area contributed by atoms with Crippen LogP contribution in [0.2, 0.25) is 0 Å². The zero-order chi connectivity index (χ0) is 16.7. The number of esters is 1. The van der Waals surface area contributed by atoms with Crippen molar-refractivity contribution < 1.29 is 23.8 Å². The molecule has 1 rings (SSSR count). The normalized spacial score (nSPS) is 13.1. The Morgan fingerprint density at radius 3 is 2.09 bits per heavy atom. The van der Waals surface area contributed by atoms with Gasteiger partial charge >= 0.3 is 5.97 Å². The summed E-state index contributed by atoms with van der Waals surface area (Å²) in [5, 5.41) is 0. The lowest BCUT2D eigenvalue weighted by atomic mass is 9.88. The number of rotatable bonds is 8. The van der Waals surface area contributed by atoms with Gasteiger partial charge in [0.15, 0.2) is 5.78 Å². The van der Waals surface area contributed by atoms with Crippen molar-refractivity contribution in [2.75, 3.05) is 20.8 Å². The maximum atomic E-state index is 12.6. The standard InChI is InChI=1S/C16H23NO5/c1-5-10(17)15(18)14(16(19)22-6-2)13-11(20-3)8-7-9-12(13)21-4/h7-10,14H,5-6,17H2,1-4H3. The SMILES string of the molecule is CCOC(=O)C(C(=O)C(N)CC)c1c(OC)cccc1OC. The highest BCUT2D eigenvalue weighted by atomic mass is 16.5. The van der Waals surface area contributed by atoms with Gasteiger partial charge in [-0.1, -0.05) is 13.0 Å². The van der Waals surface area contributed by atoms with Crippen molar-refractivity contribution in [3.63, 3.8) is 0 Å². The third kappa shape index (κ3) is 3.76. The van der Waals surface area contributed by atoms with Crippen molar-refractivity contribution in [2.45, 2.75) is 32.2 Å². The highest BCUT2D eigenvalue weighted by Crippen LogP contribution is 2.37. The highest BCUT2D eigenvalue weighted by molar-refractivity contribution is 6.07. The number of methoxy groups -OCH3 is 2. The fraction of sp³-hybridized carbons (Fsp3) is 0.500. The molecule has 2 N–H and O–H groups in total. The first kappa shape index (κ1) is 18.0. The van der Waals surface area contributed by atoms with Gasteiger partial charge in [0, 0.05) is 0 Å². The molecular formula is C16H23NO5. The van der Waals surface area contributed by atoms with E-state index in [4.69, 9.17) is 19.9 Å². The lowest BCUT2D eigenvalue weighted by Gasteiger charge is -2.22. The van der Waals surface area contributed by atoms with Crippen molar-refractivity contribution in [3.05, 3.63) is 23.8 Å². The van der Waals surface area contributed by atoms with Crippen LogP contribution in [0.1, 0.15) is 31.7 Å². The summed E-state index contributed by atoms with van der Waals surface area (Å²) >= 11 is 0. The molecule has 2 unspecified atom stereocenters. The molecule has 6 heteroatoms. The lowest BCUT2D eigenvalue weighted by molar-refractivity contribution is -0.148. The fourth-order valence-corrected chi connectivity index (χ4v) is 2.18. The molecule has 0 aliphatic rings. The predicted octanol–water partition coefficient (Wildman–Crippen LogP) is 1.66. The molecule has 0 aliphatic carbocycles. The van der Waals surface area contributed by atoms with E-state index in [1.54, 1.807) is 32.0 Å². The van der Waals surface area contributed by atoms with Crippen LogP contribution in [-0.4, -0.2) is 38.6 Å². The summed E-state index contributed by atoms with van der Waals surface area (Å²) in [5.74, 6) is -1.47. The van der Waals surface area contributed by atoms with Crippen molar-refractivity contribution in [1.29, 1.82) is 0 Å². The van der Waals surface area contributed by atoms with Gasteiger partial charge in [-0.2, -0.15) is 0 Å². The van der Waals surface area contributed by atoms with E-state index in [1.165, 1.54) is 14.2 Å². The van der Waals surface area contributed by atoms with Gasteiger partial charge in [-0.05, 0) is 25.5 Å². The van der Waals surface area contributed by atoms with Crippen LogP contribution in [0.25, 0.3) is 0 Å². The molecular weight excluding hydrogens is 286 g/mol.